The van der Waals surface area contributed by atoms with Gasteiger partial charge in [0, 0.05) is 28.1 Å². The van der Waals surface area contributed by atoms with Gasteiger partial charge in [-0.1, -0.05) is 36.0 Å². The molecule has 0 spiro atoms. The van der Waals surface area contributed by atoms with Crippen LogP contribution in [0.3, 0.4) is 0 Å². The van der Waals surface area contributed by atoms with Crippen molar-refractivity contribution in [3.63, 3.8) is 0 Å². The lowest BCUT2D eigenvalue weighted by atomic mass is 9.96. The minimum atomic E-state index is -0.415. The van der Waals surface area contributed by atoms with Crippen molar-refractivity contribution in [1.82, 2.24) is 10.6 Å². The molecule has 2 fully saturated rings. The van der Waals surface area contributed by atoms with E-state index in [2.05, 4.69) is 10.6 Å². The normalized spacial score (nSPS) is 25.0. The van der Waals surface area contributed by atoms with E-state index in [9.17, 15) is 14.7 Å². The van der Waals surface area contributed by atoms with Crippen LogP contribution in [-0.2, 0) is 9.53 Å². The largest absolute Gasteiger partial charge is 0.394 e. The average molecular weight is 443 g/mol. The molecule has 1 heterocycles. The molecule has 1 aliphatic carbocycles. The molecule has 1 aliphatic heterocycles. The first-order valence-corrected chi connectivity index (χ1v) is 11.0. The van der Waals surface area contributed by atoms with E-state index in [-0.39, 0.29) is 36.5 Å². The molecular weight excluding hydrogens is 415 g/mol. The number of hydrogen-bond donors (Lipinski definition) is 3. The maximum atomic E-state index is 12.4. The van der Waals surface area contributed by atoms with Crippen LogP contribution >= 0.6 is 23.2 Å². The number of amides is 2. The van der Waals surface area contributed by atoms with E-state index in [0.717, 1.165) is 38.5 Å². The third-order valence-corrected chi connectivity index (χ3v) is 6.16. The highest BCUT2D eigenvalue weighted by molar-refractivity contribution is 6.35. The maximum absolute atomic E-state index is 12.4. The Morgan fingerprint density at radius 2 is 1.76 bits per heavy atom. The summed E-state index contributed by atoms with van der Waals surface area (Å²) in [6.07, 6.45) is 5.77. The molecule has 6 nitrogen and oxygen atoms in total. The lowest BCUT2D eigenvalue weighted by molar-refractivity contribution is -0.131. The van der Waals surface area contributed by atoms with E-state index in [1.165, 1.54) is 0 Å². The fourth-order valence-corrected chi connectivity index (χ4v) is 4.66. The van der Waals surface area contributed by atoms with Crippen LogP contribution in [0.25, 0.3) is 0 Å². The van der Waals surface area contributed by atoms with Crippen LogP contribution in [-0.4, -0.2) is 48.3 Å². The summed E-state index contributed by atoms with van der Waals surface area (Å²) in [6, 6.07) is 4.55. The van der Waals surface area contributed by atoms with E-state index in [0.29, 0.717) is 28.6 Å². The summed E-state index contributed by atoms with van der Waals surface area (Å²) in [5.74, 6) is -0.0617. The molecule has 1 saturated carbocycles. The maximum Gasteiger partial charge on any atom is 0.251 e. The summed E-state index contributed by atoms with van der Waals surface area (Å²) in [4.78, 5) is 24.6. The zero-order chi connectivity index (χ0) is 20.8. The van der Waals surface area contributed by atoms with E-state index < -0.39 is 6.10 Å². The standard InChI is InChI=1S/C21H28Cl2N2O4/c22-15-9-14(10-16(23)11-15)20(27)24-8-7-17-5-6-18(19(12-26)29-17)25-21(28)13-3-1-2-4-13/h9-11,13,17-19,26H,1-8,12H2,(H,24,27)(H,25,28)/t17-,18+,19+/m1/s1. The smallest absolute Gasteiger partial charge is 0.251 e. The van der Waals surface area contributed by atoms with Crippen LogP contribution in [0.15, 0.2) is 18.2 Å². The number of carbonyl (C=O) groups is 2. The third kappa shape index (κ3) is 6.32. The molecule has 1 saturated heterocycles. The van der Waals surface area contributed by atoms with Crippen molar-refractivity contribution in [2.45, 2.75) is 63.2 Å². The fraction of sp³-hybridized carbons (Fsp3) is 0.619. The van der Waals surface area contributed by atoms with Crippen molar-refractivity contribution < 1.29 is 19.4 Å². The zero-order valence-corrected chi connectivity index (χ0v) is 17.8. The Balaban J connectivity index is 1.43. The molecule has 0 aromatic heterocycles. The van der Waals surface area contributed by atoms with Crippen LogP contribution < -0.4 is 10.6 Å². The average Bonchev–Trinajstić information content (AvgIpc) is 3.23. The summed E-state index contributed by atoms with van der Waals surface area (Å²) >= 11 is 11.9. The molecule has 0 radical (unpaired) electrons. The Morgan fingerprint density at radius 3 is 2.41 bits per heavy atom. The summed E-state index contributed by atoms with van der Waals surface area (Å²) < 4.78 is 5.98. The summed E-state index contributed by atoms with van der Waals surface area (Å²) in [5, 5.41) is 16.4. The van der Waals surface area contributed by atoms with Gasteiger partial charge in [-0.15, -0.1) is 0 Å². The molecule has 3 rings (SSSR count). The van der Waals surface area contributed by atoms with Crippen LogP contribution in [0.1, 0.15) is 55.3 Å². The minimum Gasteiger partial charge on any atom is -0.394 e. The Labute approximate surface area is 181 Å². The van der Waals surface area contributed by atoms with Crippen LogP contribution in [0, 0.1) is 5.92 Å². The minimum absolute atomic E-state index is 0.0740. The Hall–Kier alpha value is -1.34. The van der Waals surface area contributed by atoms with Gasteiger partial charge < -0.3 is 20.5 Å². The number of benzene rings is 1. The van der Waals surface area contributed by atoms with Gasteiger partial charge >= 0.3 is 0 Å². The molecule has 1 aromatic rings. The second kappa shape index (κ2) is 10.6. The summed E-state index contributed by atoms with van der Waals surface area (Å²) in [6.45, 7) is 0.296. The molecule has 0 unspecified atom stereocenters. The van der Waals surface area contributed by atoms with Gasteiger partial charge in [-0.3, -0.25) is 9.59 Å². The predicted molar refractivity (Wildman–Crippen MR) is 112 cm³/mol. The first kappa shape index (κ1) is 22.3. The highest BCUT2D eigenvalue weighted by atomic mass is 35.5. The van der Waals surface area contributed by atoms with Crippen LogP contribution in [0.2, 0.25) is 10.0 Å². The van der Waals surface area contributed by atoms with Crippen molar-refractivity contribution in [2.75, 3.05) is 13.2 Å². The molecule has 0 bridgehead atoms. The lowest BCUT2D eigenvalue weighted by Gasteiger charge is -2.36. The van der Waals surface area contributed by atoms with E-state index >= 15 is 0 Å². The van der Waals surface area contributed by atoms with Gasteiger partial charge in [0.2, 0.25) is 5.91 Å². The van der Waals surface area contributed by atoms with E-state index in [1.807, 2.05) is 0 Å². The zero-order valence-electron chi connectivity index (χ0n) is 16.3. The van der Waals surface area contributed by atoms with Gasteiger partial charge in [-0.05, 0) is 50.3 Å². The second-order valence-corrected chi connectivity index (χ2v) is 8.73. The summed E-state index contributed by atoms with van der Waals surface area (Å²) in [7, 11) is 0. The highest BCUT2D eigenvalue weighted by Gasteiger charge is 2.33. The number of rotatable bonds is 7. The van der Waals surface area contributed by atoms with Crippen molar-refractivity contribution in [3.8, 4) is 0 Å². The van der Waals surface area contributed by atoms with Gasteiger partial charge in [-0.25, -0.2) is 0 Å². The fourth-order valence-electron chi connectivity index (χ4n) is 4.13. The molecule has 8 heteroatoms. The number of halogens is 2. The Kier molecular flexibility index (Phi) is 8.18. The molecule has 2 amide bonds. The summed E-state index contributed by atoms with van der Waals surface area (Å²) in [5.41, 5.74) is 0.412. The van der Waals surface area contributed by atoms with Gasteiger partial charge in [-0.2, -0.15) is 0 Å². The highest BCUT2D eigenvalue weighted by Crippen LogP contribution is 2.27. The van der Waals surface area contributed by atoms with Crippen LogP contribution in [0.4, 0.5) is 0 Å². The number of aliphatic hydroxyl groups excluding tert-OH is 1. The predicted octanol–water partition coefficient (Wildman–Crippen LogP) is 3.33. The topological polar surface area (TPSA) is 87.7 Å². The van der Waals surface area contributed by atoms with Crippen molar-refractivity contribution in [3.05, 3.63) is 33.8 Å². The molecule has 2 aliphatic rings. The number of nitrogens with one attached hydrogen (secondary N) is 2. The van der Waals surface area contributed by atoms with E-state index in [4.69, 9.17) is 27.9 Å². The number of ether oxygens (including phenoxy) is 1. The quantitative estimate of drug-likeness (QED) is 0.604. The molecule has 160 valence electrons. The van der Waals surface area contributed by atoms with Gasteiger partial charge in [0.05, 0.1) is 18.8 Å². The molecule has 3 N–H and O–H groups in total. The molecule has 29 heavy (non-hydrogen) atoms. The molecule has 3 atom stereocenters. The van der Waals surface area contributed by atoms with Gasteiger partial charge in [0.1, 0.15) is 6.10 Å². The van der Waals surface area contributed by atoms with Crippen LogP contribution in [0.5, 0.6) is 0 Å². The number of carbonyl (C=O) groups excluding carboxylic acids is 2. The lowest BCUT2D eigenvalue weighted by Crippen LogP contribution is -2.52. The number of aliphatic hydroxyl groups is 1. The molecule has 1 aromatic carbocycles. The Bertz CT molecular complexity index is 704. The number of hydrogen-bond acceptors (Lipinski definition) is 4. The van der Waals surface area contributed by atoms with Crippen molar-refractivity contribution in [2.24, 2.45) is 5.92 Å². The SMILES string of the molecule is O=C(NCC[C@H]1CC[C@H](NC(=O)C2CCCC2)[C@H](CO)O1)c1cc(Cl)cc(Cl)c1. The monoisotopic (exact) mass is 442 g/mol. The first-order chi connectivity index (χ1) is 14.0. The molecular formula is C21H28Cl2N2O4. The van der Waals surface area contributed by atoms with Gasteiger partial charge in [0.25, 0.3) is 5.91 Å². The van der Waals surface area contributed by atoms with Crippen molar-refractivity contribution in [1.29, 1.82) is 0 Å². The third-order valence-electron chi connectivity index (χ3n) is 5.73. The van der Waals surface area contributed by atoms with Crippen molar-refractivity contribution >= 4 is 35.0 Å². The Morgan fingerprint density at radius 1 is 1.07 bits per heavy atom. The first-order valence-electron chi connectivity index (χ1n) is 10.3. The van der Waals surface area contributed by atoms with E-state index in [1.54, 1.807) is 18.2 Å². The second-order valence-electron chi connectivity index (χ2n) is 7.86. The van der Waals surface area contributed by atoms with Gasteiger partial charge in [0.15, 0.2) is 0 Å².